The molecule has 0 atom stereocenters. The standard InChI is InChI=1S/C52H33N/c1-2-15-35(16-3-1)51-43-19-6-8-21-45(43)52(46-22-9-7-20-44(46)51)42-25-12-24-40-39(42)23-13-27-49(40)53-48-26-11-10-18-41(48)47-33-38(30-31-50(47)53)37-29-28-34-14-4-5-17-36(34)32-37/h1-33H. The summed E-state index contributed by atoms with van der Waals surface area (Å²) in [6, 6.07) is 73.5. The molecule has 0 spiro atoms. The lowest BCUT2D eigenvalue weighted by molar-refractivity contribution is 1.20. The third kappa shape index (κ3) is 4.58. The number of para-hydroxylation sites is 1. The summed E-state index contributed by atoms with van der Waals surface area (Å²) in [5.74, 6) is 0. The molecule has 0 amide bonds. The van der Waals surface area contributed by atoms with Gasteiger partial charge in [-0.25, -0.2) is 0 Å². The van der Waals surface area contributed by atoms with Gasteiger partial charge in [0, 0.05) is 16.2 Å². The second-order valence-electron chi connectivity index (χ2n) is 14.0. The molecule has 0 aliphatic heterocycles. The van der Waals surface area contributed by atoms with Gasteiger partial charge in [-0.3, -0.25) is 0 Å². The predicted octanol–water partition coefficient (Wildman–Crippen LogP) is 14.4. The van der Waals surface area contributed by atoms with E-state index < -0.39 is 0 Å². The van der Waals surface area contributed by atoms with Crippen LogP contribution in [-0.2, 0) is 0 Å². The van der Waals surface area contributed by atoms with E-state index in [9.17, 15) is 0 Å². The summed E-state index contributed by atoms with van der Waals surface area (Å²) in [7, 11) is 0. The molecule has 53 heavy (non-hydrogen) atoms. The Labute approximate surface area is 307 Å². The first-order valence-electron chi connectivity index (χ1n) is 18.4. The number of aromatic nitrogens is 1. The molecule has 1 nitrogen and oxygen atoms in total. The molecular weight excluding hydrogens is 639 g/mol. The van der Waals surface area contributed by atoms with Gasteiger partial charge >= 0.3 is 0 Å². The van der Waals surface area contributed by atoms with Crippen LogP contribution in [0.2, 0.25) is 0 Å². The predicted molar refractivity (Wildman–Crippen MR) is 227 cm³/mol. The number of nitrogens with zero attached hydrogens (tertiary/aromatic N) is 1. The van der Waals surface area contributed by atoms with Crippen LogP contribution in [0, 0.1) is 0 Å². The molecule has 1 aromatic heterocycles. The summed E-state index contributed by atoms with van der Waals surface area (Å²) in [4.78, 5) is 0. The van der Waals surface area contributed by atoms with Crippen molar-refractivity contribution >= 4 is 64.9 Å². The largest absolute Gasteiger partial charge is 0.309 e. The third-order valence-corrected chi connectivity index (χ3v) is 11.2. The Balaban J connectivity index is 1.16. The van der Waals surface area contributed by atoms with Crippen molar-refractivity contribution in [3.8, 4) is 39.1 Å². The molecule has 0 saturated carbocycles. The van der Waals surface area contributed by atoms with Crippen molar-refractivity contribution in [2.45, 2.75) is 0 Å². The van der Waals surface area contributed by atoms with E-state index in [0.29, 0.717) is 0 Å². The fourth-order valence-corrected chi connectivity index (χ4v) is 8.82. The van der Waals surface area contributed by atoms with Crippen LogP contribution < -0.4 is 0 Å². The van der Waals surface area contributed by atoms with E-state index in [1.165, 1.54) is 104 Å². The summed E-state index contributed by atoms with van der Waals surface area (Å²) >= 11 is 0. The molecule has 0 saturated heterocycles. The molecule has 246 valence electrons. The maximum Gasteiger partial charge on any atom is 0.0541 e. The molecule has 0 fully saturated rings. The number of fused-ring (bicyclic) bond motifs is 7. The number of hydrogen-bond donors (Lipinski definition) is 0. The number of hydrogen-bond acceptors (Lipinski definition) is 0. The van der Waals surface area contributed by atoms with E-state index >= 15 is 0 Å². The van der Waals surface area contributed by atoms with Crippen LogP contribution in [0.1, 0.15) is 0 Å². The average molecular weight is 672 g/mol. The van der Waals surface area contributed by atoms with Gasteiger partial charge < -0.3 is 4.57 Å². The van der Waals surface area contributed by atoms with Gasteiger partial charge in [0.15, 0.2) is 0 Å². The fraction of sp³-hybridized carbons (Fsp3) is 0. The number of benzene rings is 10. The molecule has 0 unspecified atom stereocenters. The van der Waals surface area contributed by atoms with Crippen molar-refractivity contribution in [2.24, 2.45) is 0 Å². The van der Waals surface area contributed by atoms with Crippen molar-refractivity contribution in [3.05, 3.63) is 200 Å². The molecular formula is C52H33N. The zero-order valence-corrected chi connectivity index (χ0v) is 29.0. The second-order valence-corrected chi connectivity index (χ2v) is 14.0. The van der Waals surface area contributed by atoms with Gasteiger partial charge in [-0.2, -0.15) is 0 Å². The van der Waals surface area contributed by atoms with E-state index in [0.717, 1.165) is 0 Å². The molecule has 10 aromatic carbocycles. The van der Waals surface area contributed by atoms with Crippen LogP contribution in [0.3, 0.4) is 0 Å². The SMILES string of the molecule is c1ccc(-c2c3ccccc3c(-c3cccc4c(-n5c6ccccc6c6cc(-c7ccc8ccccc8c7)ccc65)cccc34)c3ccccc23)cc1. The molecule has 0 N–H and O–H groups in total. The molecule has 1 heterocycles. The van der Waals surface area contributed by atoms with Crippen molar-refractivity contribution in [2.75, 3.05) is 0 Å². The van der Waals surface area contributed by atoms with Gasteiger partial charge in [-0.1, -0.05) is 170 Å². The maximum atomic E-state index is 2.47. The lowest BCUT2D eigenvalue weighted by Crippen LogP contribution is -1.96. The highest BCUT2D eigenvalue weighted by Gasteiger charge is 2.20. The van der Waals surface area contributed by atoms with Gasteiger partial charge in [-0.05, 0) is 101 Å². The smallest absolute Gasteiger partial charge is 0.0541 e. The Hall–Kier alpha value is -6.96. The highest BCUT2D eigenvalue weighted by Crippen LogP contribution is 2.46. The minimum atomic E-state index is 1.18. The zero-order valence-electron chi connectivity index (χ0n) is 29.0. The van der Waals surface area contributed by atoms with Crippen LogP contribution in [0.15, 0.2) is 200 Å². The molecule has 0 aliphatic carbocycles. The minimum Gasteiger partial charge on any atom is -0.309 e. The van der Waals surface area contributed by atoms with Crippen LogP contribution in [0.25, 0.3) is 104 Å². The second kappa shape index (κ2) is 11.8. The lowest BCUT2D eigenvalue weighted by Gasteiger charge is -2.19. The third-order valence-electron chi connectivity index (χ3n) is 11.2. The Morgan fingerprint density at radius 2 is 0.811 bits per heavy atom. The highest BCUT2D eigenvalue weighted by molar-refractivity contribution is 6.24. The highest BCUT2D eigenvalue weighted by atomic mass is 15.0. The van der Waals surface area contributed by atoms with Crippen molar-refractivity contribution in [3.63, 3.8) is 0 Å². The average Bonchev–Trinajstić information content (AvgIpc) is 3.56. The Morgan fingerprint density at radius 1 is 0.264 bits per heavy atom. The van der Waals surface area contributed by atoms with Crippen molar-refractivity contribution in [1.82, 2.24) is 4.57 Å². The Kier molecular flexibility index (Phi) is 6.62. The molecule has 0 bridgehead atoms. The van der Waals surface area contributed by atoms with Crippen LogP contribution in [0.5, 0.6) is 0 Å². The van der Waals surface area contributed by atoms with Crippen LogP contribution >= 0.6 is 0 Å². The summed E-state index contributed by atoms with van der Waals surface area (Å²) in [5, 5.41) is 12.6. The summed E-state index contributed by atoms with van der Waals surface area (Å²) in [6.45, 7) is 0. The van der Waals surface area contributed by atoms with Crippen LogP contribution in [0.4, 0.5) is 0 Å². The molecule has 1 heteroatoms. The summed E-state index contributed by atoms with van der Waals surface area (Å²) < 4.78 is 2.47. The van der Waals surface area contributed by atoms with Crippen molar-refractivity contribution in [1.29, 1.82) is 0 Å². The topological polar surface area (TPSA) is 4.93 Å². The summed E-state index contributed by atoms with van der Waals surface area (Å²) in [5.41, 5.74) is 11.1. The molecule has 11 rings (SSSR count). The quantitative estimate of drug-likeness (QED) is 0.164. The first kappa shape index (κ1) is 29.7. The van der Waals surface area contributed by atoms with E-state index in [1.54, 1.807) is 0 Å². The van der Waals surface area contributed by atoms with Crippen LogP contribution in [-0.4, -0.2) is 4.57 Å². The lowest BCUT2D eigenvalue weighted by atomic mass is 9.84. The molecule has 11 aromatic rings. The Morgan fingerprint density at radius 3 is 1.58 bits per heavy atom. The Bertz CT molecular complexity index is 3160. The summed E-state index contributed by atoms with van der Waals surface area (Å²) in [6.07, 6.45) is 0. The first-order valence-corrected chi connectivity index (χ1v) is 18.4. The van der Waals surface area contributed by atoms with E-state index in [4.69, 9.17) is 0 Å². The van der Waals surface area contributed by atoms with E-state index in [2.05, 4.69) is 205 Å². The molecule has 0 aliphatic rings. The monoisotopic (exact) mass is 671 g/mol. The first-order chi connectivity index (χ1) is 26.3. The normalized spacial score (nSPS) is 11.8. The van der Waals surface area contributed by atoms with Gasteiger partial charge in [0.1, 0.15) is 0 Å². The maximum absolute atomic E-state index is 2.47. The number of rotatable bonds is 4. The van der Waals surface area contributed by atoms with E-state index in [1.807, 2.05) is 0 Å². The van der Waals surface area contributed by atoms with Gasteiger partial charge in [0.2, 0.25) is 0 Å². The van der Waals surface area contributed by atoms with Crippen molar-refractivity contribution < 1.29 is 0 Å². The molecule has 0 radical (unpaired) electrons. The van der Waals surface area contributed by atoms with Gasteiger partial charge in [0.25, 0.3) is 0 Å². The zero-order chi connectivity index (χ0) is 34.9. The fourth-order valence-electron chi connectivity index (χ4n) is 8.82. The minimum absolute atomic E-state index is 1.18. The van der Waals surface area contributed by atoms with Gasteiger partial charge in [-0.15, -0.1) is 0 Å². The van der Waals surface area contributed by atoms with E-state index in [-0.39, 0.29) is 0 Å². The van der Waals surface area contributed by atoms with Gasteiger partial charge in [0.05, 0.1) is 16.7 Å².